The molecular formula is C10H13Br2NO2. The molecule has 5 heteroatoms. The monoisotopic (exact) mass is 337 g/mol. The van der Waals surface area contributed by atoms with Crippen LogP contribution in [0.3, 0.4) is 0 Å². The standard InChI is InChI=1S/C10H12BrNO2.BrH/c1-6(12)2-7-3-9-10(4-8(7)11)14-5-13-9;/h3-4,6H,2,5,12H2,1H3;1H. The Morgan fingerprint density at radius 3 is 2.60 bits per heavy atom. The lowest BCUT2D eigenvalue weighted by Crippen LogP contribution is -2.17. The van der Waals surface area contributed by atoms with Crippen LogP contribution >= 0.6 is 32.9 Å². The molecule has 84 valence electrons. The van der Waals surface area contributed by atoms with E-state index in [1.165, 1.54) is 0 Å². The van der Waals surface area contributed by atoms with Crippen LogP contribution in [0, 0.1) is 0 Å². The van der Waals surface area contributed by atoms with Gasteiger partial charge in [0.1, 0.15) is 0 Å². The summed E-state index contributed by atoms with van der Waals surface area (Å²) in [7, 11) is 0. The summed E-state index contributed by atoms with van der Waals surface area (Å²) in [5, 5.41) is 0. The fourth-order valence-electron chi connectivity index (χ4n) is 1.46. The Morgan fingerprint density at radius 2 is 2.00 bits per heavy atom. The van der Waals surface area contributed by atoms with Gasteiger partial charge in [0.15, 0.2) is 11.5 Å². The fourth-order valence-corrected chi connectivity index (χ4v) is 1.95. The number of rotatable bonds is 2. The third-order valence-corrected chi connectivity index (χ3v) is 2.82. The molecule has 1 unspecified atom stereocenters. The van der Waals surface area contributed by atoms with Gasteiger partial charge >= 0.3 is 0 Å². The molecule has 0 radical (unpaired) electrons. The molecule has 1 aromatic carbocycles. The lowest BCUT2D eigenvalue weighted by atomic mass is 10.1. The largest absolute Gasteiger partial charge is 0.454 e. The van der Waals surface area contributed by atoms with Gasteiger partial charge in [0.25, 0.3) is 0 Å². The minimum Gasteiger partial charge on any atom is -0.454 e. The number of ether oxygens (including phenoxy) is 2. The molecule has 1 heterocycles. The van der Waals surface area contributed by atoms with Gasteiger partial charge in [-0.05, 0) is 31.0 Å². The maximum atomic E-state index is 5.75. The molecule has 1 aliphatic heterocycles. The van der Waals surface area contributed by atoms with Crippen molar-refractivity contribution in [1.29, 1.82) is 0 Å². The van der Waals surface area contributed by atoms with E-state index in [-0.39, 0.29) is 23.0 Å². The third kappa shape index (κ3) is 2.86. The summed E-state index contributed by atoms with van der Waals surface area (Å²) in [6, 6.07) is 4.06. The van der Waals surface area contributed by atoms with Gasteiger partial charge in [-0.2, -0.15) is 0 Å². The Balaban J connectivity index is 0.00000112. The highest BCUT2D eigenvalue weighted by atomic mass is 79.9. The number of halogens is 2. The minimum absolute atomic E-state index is 0. The number of fused-ring (bicyclic) bond motifs is 1. The SMILES string of the molecule is Br.CC(N)Cc1cc2c(cc1Br)OCO2. The van der Waals surface area contributed by atoms with Gasteiger partial charge in [-0.1, -0.05) is 15.9 Å². The molecular weight excluding hydrogens is 326 g/mol. The minimum atomic E-state index is 0. The second kappa shape index (κ2) is 5.18. The average molecular weight is 339 g/mol. The van der Waals surface area contributed by atoms with Crippen LogP contribution < -0.4 is 15.2 Å². The van der Waals surface area contributed by atoms with Crippen molar-refractivity contribution in [2.24, 2.45) is 5.73 Å². The van der Waals surface area contributed by atoms with Crippen molar-refractivity contribution in [2.75, 3.05) is 6.79 Å². The lowest BCUT2D eigenvalue weighted by Gasteiger charge is -2.08. The summed E-state index contributed by atoms with van der Waals surface area (Å²) in [6.45, 7) is 2.29. The molecule has 0 bridgehead atoms. The highest BCUT2D eigenvalue weighted by Gasteiger charge is 2.16. The molecule has 0 aliphatic carbocycles. The van der Waals surface area contributed by atoms with E-state index in [9.17, 15) is 0 Å². The molecule has 2 rings (SSSR count). The third-order valence-electron chi connectivity index (χ3n) is 2.08. The van der Waals surface area contributed by atoms with E-state index in [4.69, 9.17) is 15.2 Å². The number of hydrogen-bond acceptors (Lipinski definition) is 3. The van der Waals surface area contributed by atoms with Crippen LogP contribution in [0.5, 0.6) is 11.5 Å². The second-order valence-corrected chi connectivity index (χ2v) is 4.33. The lowest BCUT2D eigenvalue weighted by molar-refractivity contribution is 0.174. The van der Waals surface area contributed by atoms with Gasteiger partial charge in [-0.25, -0.2) is 0 Å². The van der Waals surface area contributed by atoms with E-state index in [1.807, 2.05) is 19.1 Å². The molecule has 0 saturated carbocycles. The summed E-state index contributed by atoms with van der Waals surface area (Å²) >= 11 is 3.49. The molecule has 1 aromatic rings. The van der Waals surface area contributed by atoms with Gasteiger partial charge in [0.2, 0.25) is 6.79 Å². The Kier molecular flexibility index (Phi) is 4.43. The molecule has 0 aromatic heterocycles. The highest BCUT2D eigenvalue weighted by molar-refractivity contribution is 9.10. The average Bonchev–Trinajstić information content (AvgIpc) is 2.51. The predicted octanol–water partition coefficient (Wildman–Crippen LogP) is 2.65. The summed E-state index contributed by atoms with van der Waals surface area (Å²) in [6.07, 6.45) is 0.831. The maximum absolute atomic E-state index is 5.75. The van der Waals surface area contributed by atoms with Gasteiger partial charge in [0, 0.05) is 10.5 Å². The van der Waals surface area contributed by atoms with Crippen LogP contribution in [0.15, 0.2) is 16.6 Å². The number of benzene rings is 1. The summed E-state index contributed by atoms with van der Waals surface area (Å²) in [5.74, 6) is 1.61. The molecule has 15 heavy (non-hydrogen) atoms. The van der Waals surface area contributed by atoms with Crippen molar-refractivity contribution in [3.05, 3.63) is 22.2 Å². The Bertz CT molecular complexity index is 356. The van der Waals surface area contributed by atoms with Crippen LogP contribution in [0.4, 0.5) is 0 Å². The molecule has 0 saturated heterocycles. The first-order valence-corrected chi connectivity index (χ1v) is 5.29. The number of nitrogens with two attached hydrogens (primary N) is 1. The van der Waals surface area contributed by atoms with Crippen molar-refractivity contribution in [3.63, 3.8) is 0 Å². The molecule has 3 nitrogen and oxygen atoms in total. The van der Waals surface area contributed by atoms with Crippen LogP contribution in [0.25, 0.3) is 0 Å². The zero-order valence-corrected chi connectivity index (χ0v) is 11.6. The first kappa shape index (κ1) is 12.8. The van der Waals surface area contributed by atoms with Crippen LogP contribution in [0.2, 0.25) is 0 Å². The molecule has 0 amide bonds. The van der Waals surface area contributed by atoms with Crippen LogP contribution in [-0.2, 0) is 6.42 Å². The van der Waals surface area contributed by atoms with Gasteiger partial charge < -0.3 is 15.2 Å². The molecule has 1 atom stereocenters. The Labute approximate surface area is 108 Å². The van der Waals surface area contributed by atoms with E-state index < -0.39 is 0 Å². The van der Waals surface area contributed by atoms with Crippen LogP contribution in [0.1, 0.15) is 12.5 Å². The van der Waals surface area contributed by atoms with Crippen molar-refractivity contribution in [2.45, 2.75) is 19.4 Å². The second-order valence-electron chi connectivity index (χ2n) is 3.48. The van der Waals surface area contributed by atoms with Crippen molar-refractivity contribution in [1.82, 2.24) is 0 Å². The molecule has 0 fully saturated rings. The number of hydrogen-bond donors (Lipinski definition) is 1. The topological polar surface area (TPSA) is 44.5 Å². The Hall–Kier alpha value is -0.260. The van der Waals surface area contributed by atoms with E-state index in [0.29, 0.717) is 6.79 Å². The van der Waals surface area contributed by atoms with Gasteiger partial charge in [0.05, 0.1) is 0 Å². The fraction of sp³-hybridized carbons (Fsp3) is 0.400. The smallest absolute Gasteiger partial charge is 0.231 e. The summed E-state index contributed by atoms with van der Waals surface area (Å²) in [4.78, 5) is 0. The van der Waals surface area contributed by atoms with E-state index >= 15 is 0 Å². The molecule has 0 spiro atoms. The van der Waals surface area contributed by atoms with Crippen molar-refractivity contribution < 1.29 is 9.47 Å². The van der Waals surface area contributed by atoms with Crippen molar-refractivity contribution in [3.8, 4) is 11.5 Å². The van der Waals surface area contributed by atoms with E-state index in [1.54, 1.807) is 0 Å². The Morgan fingerprint density at radius 1 is 1.40 bits per heavy atom. The van der Waals surface area contributed by atoms with Gasteiger partial charge in [-0.3, -0.25) is 0 Å². The zero-order valence-electron chi connectivity index (χ0n) is 8.33. The molecule has 1 aliphatic rings. The first-order valence-electron chi connectivity index (χ1n) is 4.50. The maximum Gasteiger partial charge on any atom is 0.231 e. The highest BCUT2D eigenvalue weighted by Crippen LogP contribution is 2.37. The van der Waals surface area contributed by atoms with Crippen LogP contribution in [-0.4, -0.2) is 12.8 Å². The normalized spacial score (nSPS) is 14.6. The zero-order chi connectivity index (χ0) is 10.1. The first-order chi connectivity index (χ1) is 6.66. The van der Waals surface area contributed by atoms with Gasteiger partial charge in [-0.15, -0.1) is 17.0 Å². The summed E-state index contributed by atoms with van der Waals surface area (Å²) < 4.78 is 11.6. The van der Waals surface area contributed by atoms with E-state index in [2.05, 4.69) is 15.9 Å². The quantitative estimate of drug-likeness (QED) is 0.901. The summed E-state index contributed by atoms with van der Waals surface area (Å²) in [5.41, 5.74) is 6.90. The molecule has 2 N–H and O–H groups in total. The predicted molar refractivity (Wildman–Crippen MR) is 67.9 cm³/mol. The van der Waals surface area contributed by atoms with Crippen molar-refractivity contribution >= 4 is 32.9 Å². The van der Waals surface area contributed by atoms with E-state index in [0.717, 1.165) is 28.0 Å².